The molecule has 0 aromatic carbocycles. The predicted molar refractivity (Wildman–Crippen MR) is 98.1 cm³/mol. The molecule has 1 fully saturated rings. The molecule has 0 radical (unpaired) electrons. The Balaban J connectivity index is 2.49. The SMILES string of the molecule is CC(C)(C)[Si](C)(C)O[C@H]1/C(=C\C#N)[C@H](n2ccc(=O)[nH]c2=O)O[C@@H]1CO. The number of nitrogens with one attached hydrogen (secondary N) is 1. The summed E-state index contributed by atoms with van der Waals surface area (Å²) in [5.74, 6) is 0. The fourth-order valence-electron chi connectivity index (χ4n) is 2.51. The van der Waals surface area contributed by atoms with E-state index >= 15 is 0 Å². The van der Waals surface area contributed by atoms with Crippen molar-refractivity contribution in [3.8, 4) is 6.07 Å². The zero-order valence-corrected chi connectivity index (χ0v) is 16.6. The van der Waals surface area contributed by atoms with Crippen LogP contribution < -0.4 is 11.2 Å². The van der Waals surface area contributed by atoms with Gasteiger partial charge in [-0.05, 0) is 18.1 Å². The van der Waals surface area contributed by atoms with Crippen LogP contribution >= 0.6 is 0 Å². The van der Waals surface area contributed by atoms with Gasteiger partial charge in [0.05, 0.1) is 12.7 Å². The molecule has 0 saturated carbocycles. The molecule has 3 atom stereocenters. The lowest BCUT2D eigenvalue weighted by molar-refractivity contribution is -0.0424. The molecule has 0 aliphatic carbocycles. The smallest absolute Gasteiger partial charge is 0.330 e. The van der Waals surface area contributed by atoms with Crippen LogP contribution in [0, 0.1) is 11.3 Å². The lowest BCUT2D eigenvalue weighted by Crippen LogP contribution is -2.47. The number of aliphatic hydroxyl groups excluding tert-OH is 1. The fourth-order valence-corrected chi connectivity index (χ4v) is 3.79. The van der Waals surface area contributed by atoms with Crippen LogP contribution in [0.5, 0.6) is 0 Å². The minimum absolute atomic E-state index is 0.0856. The normalized spacial score (nSPS) is 25.4. The Morgan fingerprint density at radius 1 is 1.46 bits per heavy atom. The molecule has 0 unspecified atom stereocenters. The first-order chi connectivity index (χ1) is 12.0. The number of rotatable bonds is 4. The summed E-state index contributed by atoms with van der Waals surface area (Å²) < 4.78 is 13.4. The number of nitriles is 1. The van der Waals surface area contributed by atoms with Gasteiger partial charge in [-0.25, -0.2) is 4.79 Å². The van der Waals surface area contributed by atoms with Crippen LogP contribution in [0.25, 0.3) is 0 Å². The summed E-state index contributed by atoms with van der Waals surface area (Å²) in [6.45, 7) is 10.0. The standard InChI is InChI=1S/C17H25N3O5Si/c1-17(2,3)26(4,5)25-14-11(6-8-18)15(24-12(14)10-21)20-9-7-13(22)19-16(20)23/h6-7,9,12,14-15,21H,10H2,1-5H3,(H,19,22,23)/b11-6+/t12-,14+,15-/m1/s1. The fraction of sp³-hybridized carbons (Fsp3) is 0.588. The number of H-pyrrole nitrogens is 1. The summed E-state index contributed by atoms with van der Waals surface area (Å²) in [5, 5.41) is 18.9. The van der Waals surface area contributed by atoms with Crippen molar-refractivity contribution in [2.24, 2.45) is 0 Å². The molecular formula is C17H25N3O5Si. The highest BCUT2D eigenvalue weighted by atomic mass is 28.4. The molecule has 0 spiro atoms. The van der Waals surface area contributed by atoms with Gasteiger partial charge in [0.15, 0.2) is 14.5 Å². The van der Waals surface area contributed by atoms with Crippen molar-refractivity contribution >= 4 is 8.32 Å². The summed E-state index contributed by atoms with van der Waals surface area (Å²) in [6.07, 6.45) is 0.304. The highest BCUT2D eigenvalue weighted by molar-refractivity contribution is 6.74. The van der Waals surface area contributed by atoms with Crippen molar-refractivity contribution in [2.45, 2.75) is 57.3 Å². The van der Waals surface area contributed by atoms with E-state index in [1.54, 1.807) is 0 Å². The second-order valence-corrected chi connectivity index (χ2v) is 12.6. The van der Waals surface area contributed by atoms with Gasteiger partial charge in [0, 0.05) is 23.9 Å². The van der Waals surface area contributed by atoms with Crippen molar-refractivity contribution in [1.29, 1.82) is 5.26 Å². The molecule has 9 heteroatoms. The third kappa shape index (κ3) is 3.88. The van der Waals surface area contributed by atoms with Crippen molar-refractivity contribution in [1.82, 2.24) is 9.55 Å². The number of hydrogen-bond donors (Lipinski definition) is 2. The van der Waals surface area contributed by atoms with E-state index in [0.29, 0.717) is 5.57 Å². The zero-order valence-electron chi connectivity index (χ0n) is 15.6. The first-order valence-corrected chi connectivity index (χ1v) is 11.3. The Morgan fingerprint density at radius 3 is 2.62 bits per heavy atom. The zero-order chi connectivity index (χ0) is 19.7. The maximum Gasteiger partial charge on any atom is 0.330 e. The van der Waals surface area contributed by atoms with E-state index in [0.717, 1.165) is 0 Å². The molecule has 0 bridgehead atoms. The minimum atomic E-state index is -2.24. The number of aromatic nitrogens is 2. The van der Waals surface area contributed by atoms with Crippen LogP contribution in [-0.4, -0.2) is 41.8 Å². The Hall–Kier alpha value is -1.99. The topological polar surface area (TPSA) is 117 Å². The van der Waals surface area contributed by atoms with Crippen LogP contribution in [0.15, 0.2) is 33.5 Å². The van der Waals surface area contributed by atoms with Crippen LogP contribution in [0.3, 0.4) is 0 Å². The number of allylic oxidation sites excluding steroid dienone is 1. The van der Waals surface area contributed by atoms with Gasteiger partial charge in [-0.1, -0.05) is 20.8 Å². The molecule has 1 aromatic rings. The van der Waals surface area contributed by atoms with E-state index in [9.17, 15) is 20.0 Å². The van der Waals surface area contributed by atoms with Crippen LogP contribution in [-0.2, 0) is 9.16 Å². The molecule has 2 rings (SSSR count). The highest BCUT2D eigenvalue weighted by Gasteiger charge is 2.47. The first kappa shape index (κ1) is 20.3. The summed E-state index contributed by atoms with van der Waals surface area (Å²) >= 11 is 0. The van der Waals surface area contributed by atoms with Gasteiger partial charge in [-0.3, -0.25) is 14.3 Å². The molecule has 142 valence electrons. The average molecular weight is 379 g/mol. The Labute approximate surface area is 152 Å². The lowest BCUT2D eigenvalue weighted by atomic mass is 10.1. The van der Waals surface area contributed by atoms with Crippen LogP contribution in [0.4, 0.5) is 0 Å². The molecule has 2 heterocycles. The average Bonchev–Trinajstić information content (AvgIpc) is 2.84. The summed E-state index contributed by atoms with van der Waals surface area (Å²) in [4.78, 5) is 25.6. The van der Waals surface area contributed by atoms with Gasteiger partial charge in [0.25, 0.3) is 5.56 Å². The Bertz CT molecular complexity index is 843. The molecule has 1 saturated heterocycles. The number of ether oxygens (including phenoxy) is 1. The second kappa shape index (κ2) is 7.32. The van der Waals surface area contributed by atoms with Gasteiger partial charge in [0.1, 0.15) is 12.2 Å². The Morgan fingerprint density at radius 2 is 2.12 bits per heavy atom. The minimum Gasteiger partial charge on any atom is -0.407 e. The van der Waals surface area contributed by atoms with Crippen molar-refractivity contribution in [2.75, 3.05) is 6.61 Å². The third-order valence-electron chi connectivity index (χ3n) is 5.00. The van der Waals surface area contributed by atoms with E-state index in [-0.39, 0.29) is 11.6 Å². The largest absolute Gasteiger partial charge is 0.407 e. The highest BCUT2D eigenvalue weighted by Crippen LogP contribution is 2.42. The summed E-state index contributed by atoms with van der Waals surface area (Å²) in [7, 11) is -2.24. The van der Waals surface area contributed by atoms with Gasteiger partial charge in [-0.2, -0.15) is 5.26 Å². The van der Waals surface area contributed by atoms with Gasteiger partial charge in [-0.15, -0.1) is 0 Å². The molecule has 0 amide bonds. The van der Waals surface area contributed by atoms with E-state index in [1.165, 1.54) is 22.9 Å². The van der Waals surface area contributed by atoms with E-state index < -0.39 is 38.0 Å². The molecule has 1 aliphatic rings. The van der Waals surface area contributed by atoms with Crippen molar-refractivity contribution < 1.29 is 14.3 Å². The maximum absolute atomic E-state index is 12.1. The number of nitrogens with zero attached hydrogens (tertiary/aromatic N) is 2. The monoisotopic (exact) mass is 379 g/mol. The molecular weight excluding hydrogens is 354 g/mol. The quantitative estimate of drug-likeness (QED) is 0.601. The Kier molecular flexibility index (Phi) is 5.72. The van der Waals surface area contributed by atoms with Gasteiger partial charge in [0.2, 0.25) is 0 Å². The lowest BCUT2D eigenvalue weighted by Gasteiger charge is -2.39. The van der Waals surface area contributed by atoms with Gasteiger partial charge >= 0.3 is 5.69 Å². The van der Waals surface area contributed by atoms with E-state index in [4.69, 9.17) is 9.16 Å². The predicted octanol–water partition coefficient (Wildman–Crippen LogP) is 1.27. The van der Waals surface area contributed by atoms with E-state index in [2.05, 4.69) is 38.8 Å². The summed E-state index contributed by atoms with van der Waals surface area (Å²) in [6, 6.07) is 3.16. The third-order valence-corrected chi connectivity index (χ3v) is 9.45. The molecule has 1 aliphatic heterocycles. The molecule has 26 heavy (non-hydrogen) atoms. The van der Waals surface area contributed by atoms with Crippen molar-refractivity contribution in [3.05, 3.63) is 44.8 Å². The molecule has 2 N–H and O–H groups in total. The van der Waals surface area contributed by atoms with E-state index in [1.807, 2.05) is 6.07 Å². The maximum atomic E-state index is 12.1. The van der Waals surface area contributed by atoms with Crippen LogP contribution in [0.2, 0.25) is 18.1 Å². The second-order valence-electron chi connectivity index (χ2n) is 7.80. The number of aromatic amines is 1. The van der Waals surface area contributed by atoms with Crippen molar-refractivity contribution in [3.63, 3.8) is 0 Å². The summed E-state index contributed by atoms with van der Waals surface area (Å²) in [5.41, 5.74) is -0.732. The number of aliphatic hydroxyl groups is 1. The first-order valence-electron chi connectivity index (χ1n) is 8.37. The number of hydrogen-bond acceptors (Lipinski definition) is 6. The molecule has 1 aromatic heterocycles. The van der Waals surface area contributed by atoms with Crippen LogP contribution in [0.1, 0.15) is 27.0 Å². The molecule has 8 nitrogen and oxygen atoms in total. The van der Waals surface area contributed by atoms with Gasteiger partial charge < -0.3 is 14.3 Å².